The zero-order valence-electron chi connectivity index (χ0n) is 13.5. The third kappa shape index (κ3) is 3.35. The molecule has 2 aliphatic heterocycles. The van der Waals surface area contributed by atoms with Gasteiger partial charge in [0, 0.05) is 17.7 Å². The summed E-state index contributed by atoms with van der Waals surface area (Å²) in [5.41, 5.74) is 2.65. The van der Waals surface area contributed by atoms with Gasteiger partial charge in [0.15, 0.2) is 3.95 Å². The van der Waals surface area contributed by atoms with E-state index >= 15 is 0 Å². The van der Waals surface area contributed by atoms with E-state index < -0.39 is 0 Å². The second kappa shape index (κ2) is 7.03. The Kier molecular flexibility index (Phi) is 4.61. The Labute approximate surface area is 154 Å². The first kappa shape index (κ1) is 16.4. The van der Waals surface area contributed by atoms with Gasteiger partial charge >= 0.3 is 0 Å². The maximum absolute atomic E-state index is 10.6. The molecule has 128 valence electrons. The topological polar surface area (TPSA) is 59.1 Å². The molecule has 0 unspecified atom stereocenters. The summed E-state index contributed by atoms with van der Waals surface area (Å²) >= 11 is 6.82. The number of allylic oxidation sites excluding steroid dienone is 1. The number of hydrogen-bond acceptors (Lipinski definition) is 6. The van der Waals surface area contributed by atoms with Crippen molar-refractivity contribution in [2.75, 3.05) is 6.61 Å². The van der Waals surface area contributed by atoms with Gasteiger partial charge in [0.1, 0.15) is 5.71 Å². The SMILES string of the molecule is Oc1c(/C=C2\C=NN=C2c2ccccc2)sc(=S)n1C[C@H]1CCCO1. The number of hydrogen-bond donors (Lipinski definition) is 1. The van der Waals surface area contributed by atoms with E-state index in [0.717, 1.165) is 41.2 Å². The van der Waals surface area contributed by atoms with Gasteiger partial charge in [-0.15, -0.1) is 16.4 Å². The summed E-state index contributed by atoms with van der Waals surface area (Å²) in [5.74, 6) is 0.186. The van der Waals surface area contributed by atoms with Gasteiger partial charge < -0.3 is 9.84 Å². The van der Waals surface area contributed by atoms with Crippen molar-refractivity contribution in [2.24, 2.45) is 10.2 Å². The summed E-state index contributed by atoms with van der Waals surface area (Å²) in [6, 6.07) is 9.88. The van der Waals surface area contributed by atoms with Crippen LogP contribution >= 0.6 is 23.6 Å². The molecule has 2 aromatic rings. The molecule has 0 aliphatic carbocycles. The van der Waals surface area contributed by atoms with Crippen LogP contribution < -0.4 is 0 Å². The Morgan fingerprint density at radius 1 is 1.36 bits per heavy atom. The summed E-state index contributed by atoms with van der Waals surface area (Å²) in [5, 5.41) is 18.8. The second-order valence-electron chi connectivity index (χ2n) is 5.96. The Morgan fingerprint density at radius 3 is 2.96 bits per heavy atom. The van der Waals surface area contributed by atoms with Crippen LogP contribution in [-0.2, 0) is 11.3 Å². The molecule has 5 nitrogen and oxygen atoms in total. The summed E-state index contributed by atoms with van der Waals surface area (Å²) in [6.07, 6.45) is 5.79. The number of ether oxygens (including phenoxy) is 1. The minimum absolute atomic E-state index is 0.127. The number of thiazole rings is 1. The van der Waals surface area contributed by atoms with Crippen LogP contribution in [-0.4, -0.2) is 34.3 Å². The maximum Gasteiger partial charge on any atom is 0.210 e. The lowest BCUT2D eigenvalue weighted by atomic mass is 10.0. The van der Waals surface area contributed by atoms with E-state index in [-0.39, 0.29) is 12.0 Å². The van der Waals surface area contributed by atoms with Crippen LogP contribution in [0.15, 0.2) is 46.1 Å². The van der Waals surface area contributed by atoms with Gasteiger partial charge in [-0.05, 0) is 31.1 Å². The van der Waals surface area contributed by atoms with E-state index in [1.807, 2.05) is 36.4 Å². The zero-order chi connectivity index (χ0) is 17.2. The van der Waals surface area contributed by atoms with Crippen molar-refractivity contribution in [1.82, 2.24) is 4.57 Å². The molecule has 1 atom stereocenters. The molecular formula is C18H17N3O2S2. The highest BCUT2D eigenvalue weighted by Gasteiger charge is 2.21. The van der Waals surface area contributed by atoms with Crippen molar-refractivity contribution >= 4 is 41.6 Å². The van der Waals surface area contributed by atoms with Crippen molar-refractivity contribution in [2.45, 2.75) is 25.5 Å². The van der Waals surface area contributed by atoms with Crippen molar-refractivity contribution < 1.29 is 9.84 Å². The Bertz CT molecular complexity index is 920. The highest BCUT2D eigenvalue weighted by molar-refractivity contribution is 7.73. The molecule has 0 radical (unpaired) electrons. The van der Waals surface area contributed by atoms with Gasteiger partial charge in [0.05, 0.1) is 23.7 Å². The summed E-state index contributed by atoms with van der Waals surface area (Å²) in [6.45, 7) is 1.38. The van der Waals surface area contributed by atoms with Gasteiger partial charge in [-0.25, -0.2) is 0 Å². The molecule has 3 heterocycles. The number of aromatic nitrogens is 1. The normalized spacial score (nSPS) is 21.2. The van der Waals surface area contributed by atoms with Crippen molar-refractivity contribution in [3.05, 3.63) is 50.3 Å². The Balaban J connectivity index is 1.64. The van der Waals surface area contributed by atoms with Gasteiger partial charge in [-0.3, -0.25) is 4.57 Å². The molecule has 1 aromatic carbocycles. The minimum atomic E-state index is 0.127. The maximum atomic E-state index is 10.6. The second-order valence-corrected chi connectivity index (χ2v) is 7.64. The third-order valence-corrected chi connectivity index (χ3v) is 5.65. The highest BCUT2D eigenvalue weighted by atomic mass is 32.1. The lowest BCUT2D eigenvalue weighted by molar-refractivity contribution is 0.0948. The molecule has 0 amide bonds. The predicted molar refractivity (Wildman–Crippen MR) is 103 cm³/mol. The third-order valence-electron chi connectivity index (χ3n) is 4.27. The minimum Gasteiger partial charge on any atom is -0.493 e. The molecule has 2 aliphatic rings. The van der Waals surface area contributed by atoms with E-state index in [1.54, 1.807) is 10.8 Å². The summed E-state index contributed by atoms with van der Waals surface area (Å²) in [7, 11) is 0. The molecular weight excluding hydrogens is 354 g/mol. The van der Waals surface area contributed by atoms with E-state index in [0.29, 0.717) is 10.5 Å². The lowest BCUT2D eigenvalue weighted by Crippen LogP contribution is -2.14. The summed E-state index contributed by atoms with van der Waals surface area (Å²) < 4.78 is 8.06. The molecule has 0 saturated carbocycles. The Morgan fingerprint density at radius 2 is 2.20 bits per heavy atom. The molecule has 0 bridgehead atoms. The van der Waals surface area contributed by atoms with Crippen LogP contribution in [0.2, 0.25) is 0 Å². The van der Waals surface area contributed by atoms with E-state index in [9.17, 15) is 5.11 Å². The van der Waals surface area contributed by atoms with Crippen LogP contribution in [0, 0.1) is 3.95 Å². The van der Waals surface area contributed by atoms with E-state index in [4.69, 9.17) is 17.0 Å². The molecule has 1 saturated heterocycles. The van der Waals surface area contributed by atoms with Crippen LogP contribution in [0.3, 0.4) is 0 Å². The van der Waals surface area contributed by atoms with Gasteiger partial charge in [0.2, 0.25) is 5.88 Å². The fourth-order valence-corrected chi connectivity index (χ4v) is 4.27. The first-order valence-electron chi connectivity index (χ1n) is 8.15. The zero-order valence-corrected chi connectivity index (χ0v) is 15.1. The number of benzene rings is 1. The van der Waals surface area contributed by atoms with Gasteiger partial charge in [0.25, 0.3) is 0 Å². The first-order valence-corrected chi connectivity index (χ1v) is 9.37. The van der Waals surface area contributed by atoms with Crippen LogP contribution in [0.1, 0.15) is 23.3 Å². The number of rotatable bonds is 4. The molecule has 0 spiro atoms. The Hall–Kier alpha value is -2.09. The standard InChI is InChI=1S/C18H17N3O2S2/c22-17-15(25-18(24)21(17)11-14-7-4-8-23-14)9-13-10-19-20-16(13)12-5-2-1-3-6-12/h1-3,5-6,9-10,14,22H,4,7-8,11H2/b13-9+/t14-/m1/s1. The van der Waals surface area contributed by atoms with E-state index in [2.05, 4.69) is 10.2 Å². The lowest BCUT2D eigenvalue weighted by Gasteiger charge is -2.11. The summed E-state index contributed by atoms with van der Waals surface area (Å²) in [4.78, 5) is 0.718. The molecule has 1 fully saturated rings. The first-order chi connectivity index (χ1) is 12.2. The smallest absolute Gasteiger partial charge is 0.210 e. The average molecular weight is 371 g/mol. The molecule has 4 rings (SSSR count). The van der Waals surface area contributed by atoms with E-state index in [1.165, 1.54) is 11.3 Å². The fraction of sp³-hybridized carbons (Fsp3) is 0.278. The van der Waals surface area contributed by atoms with Crippen LogP contribution in [0.25, 0.3) is 6.08 Å². The number of nitrogens with zero attached hydrogens (tertiary/aromatic N) is 3. The predicted octanol–water partition coefficient (Wildman–Crippen LogP) is 4.04. The molecule has 1 aromatic heterocycles. The van der Waals surface area contributed by atoms with Gasteiger partial charge in [-0.1, -0.05) is 30.3 Å². The monoisotopic (exact) mass is 371 g/mol. The largest absolute Gasteiger partial charge is 0.493 e. The molecule has 1 N–H and O–H groups in total. The van der Waals surface area contributed by atoms with Crippen molar-refractivity contribution in [1.29, 1.82) is 0 Å². The highest BCUT2D eigenvalue weighted by Crippen LogP contribution is 2.31. The average Bonchev–Trinajstić information content (AvgIpc) is 3.35. The van der Waals surface area contributed by atoms with Gasteiger partial charge in [-0.2, -0.15) is 5.10 Å². The quantitative estimate of drug-likeness (QED) is 0.826. The van der Waals surface area contributed by atoms with Crippen molar-refractivity contribution in [3.63, 3.8) is 0 Å². The van der Waals surface area contributed by atoms with Crippen LogP contribution in [0.4, 0.5) is 0 Å². The van der Waals surface area contributed by atoms with Crippen LogP contribution in [0.5, 0.6) is 5.88 Å². The fourth-order valence-electron chi connectivity index (χ4n) is 3.00. The number of aromatic hydroxyl groups is 1. The molecule has 7 heteroatoms. The van der Waals surface area contributed by atoms with Crippen molar-refractivity contribution in [3.8, 4) is 5.88 Å². The molecule has 25 heavy (non-hydrogen) atoms.